The van der Waals surface area contributed by atoms with Gasteiger partial charge in [0.05, 0.1) is 6.54 Å². The van der Waals surface area contributed by atoms with Gasteiger partial charge in [0.15, 0.2) is 5.17 Å². The second-order valence-corrected chi connectivity index (χ2v) is 8.18. The molecule has 0 aromatic carbocycles. The standard InChI is InChI=1S/C15H29N3S/c1-11(18(5)12-6-7-12)10-16-14-17-13(8-9-19-14)15(2,3)4/h11-13H,6-10H2,1-5H3,(H,16,17). The molecule has 2 atom stereocenters. The lowest BCUT2D eigenvalue weighted by molar-refractivity contribution is 0.253. The van der Waals surface area contributed by atoms with Gasteiger partial charge in [-0.15, -0.1) is 0 Å². The predicted molar refractivity (Wildman–Crippen MR) is 86.0 cm³/mol. The summed E-state index contributed by atoms with van der Waals surface area (Å²) in [4.78, 5) is 7.29. The molecule has 1 aliphatic heterocycles. The smallest absolute Gasteiger partial charge is 0.156 e. The Hall–Kier alpha value is -0.220. The van der Waals surface area contributed by atoms with Gasteiger partial charge in [0, 0.05) is 23.9 Å². The maximum atomic E-state index is 4.80. The van der Waals surface area contributed by atoms with Crippen LogP contribution in [0.5, 0.6) is 0 Å². The number of hydrogen-bond acceptors (Lipinski definition) is 3. The van der Waals surface area contributed by atoms with Gasteiger partial charge in [-0.25, -0.2) is 0 Å². The molecule has 1 N–H and O–H groups in total. The van der Waals surface area contributed by atoms with E-state index in [-0.39, 0.29) is 0 Å². The van der Waals surface area contributed by atoms with Gasteiger partial charge in [0.1, 0.15) is 0 Å². The number of aliphatic imine (C=N–C) groups is 1. The Balaban J connectivity index is 1.84. The van der Waals surface area contributed by atoms with Crippen LogP contribution in [-0.4, -0.2) is 47.5 Å². The summed E-state index contributed by atoms with van der Waals surface area (Å²) >= 11 is 1.88. The summed E-state index contributed by atoms with van der Waals surface area (Å²) in [7, 11) is 2.24. The van der Waals surface area contributed by atoms with Crippen molar-refractivity contribution in [3.05, 3.63) is 0 Å². The fourth-order valence-electron chi connectivity index (χ4n) is 2.46. The van der Waals surface area contributed by atoms with Crippen molar-refractivity contribution >= 4 is 16.9 Å². The van der Waals surface area contributed by atoms with E-state index in [4.69, 9.17) is 4.99 Å². The molecule has 1 saturated heterocycles. The summed E-state index contributed by atoms with van der Waals surface area (Å²) in [5, 5.41) is 4.78. The number of amidine groups is 1. The summed E-state index contributed by atoms with van der Waals surface area (Å²) in [6, 6.07) is 1.94. The maximum absolute atomic E-state index is 4.80. The maximum Gasteiger partial charge on any atom is 0.156 e. The molecule has 0 aromatic rings. The topological polar surface area (TPSA) is 27.6 Å². The van der Waals surface area contributed by atoms with E-state index in [0.29, 0.717) is 17.5 Å². The molecule has 2 rings (SSSR count). The molecule has 0 bridgehead atoms. The van der Waals surface area contributed by atoms with E-state index >= 15 is 0 Å². The van der Waals surface area contributed by atoms with Crippen molar-refractivity contribution in [1.82, 2.24) is 10.2 Å². The monoisotopic (exact) mass is 283 g/mol. The van der Waals surface area contributed by atoms with Gasteiger partial charge < -0.3 is 5.32 Å². The molecule has 0 amide bonds. The lowest BCUT2D eigenvalue weighted by Crippen LogP contribution is -2.46. The minimum Gasteiger partial charge on any atom is -0.362 e. The molecule has 2 fully saturated rings. The predicted octanol–water partition coefficient (Wildman–Crippen LogP) is 2.97. The van der Waals surface area contributed by atoms with Crippen molar-refractivity contribution in [3.8, 4) is 0 Å². The number of nitrogens with one attached hydrogen (secondary N) is 1. The number of thioether (sulfide) groups is 1. The Bertz CT molecular complexity index is 331. The molecule has 3 nitrogen and oxygen atoms in total. The van der Waals surface area contributed by atoms with Gasteiger partial charge in [-0.1, -0.05) is 32.5 Å². The van der Waals surface area contributed by atoms with E-state index in [1.54, 1.807) is 0 Å². The number of nitrogens with zero attached hydrogens (tertiary/aromatic N) is 2. The molecule has 110 valence electrons. The van der Waals surface area contributed by atoms with Crippen LogP contribution in [0.3, 0.4) is 0 Å². The van der Waals surface area contributed by atoms with E-state index < -0.39 is 0 Å². The minimum absolute atomic E-state index is 0.318. The van der Waals surface area contributed by atoms with Gasteiger partial charge in [-0.05, 0) is 38.6 Å². The molecule has 2 aliphatic rings. The molecular weight excluding hydrogens is 254 g/mol. The van der Waals surface area contributed by atoms with Crippen molar-refractivity contribution in [2.75, 3.05) is 19.3 Å². The minimum atomic E-state index is 0.318. The van der Waals surface area contributed by atoms with Crippen LogP contribution < -0.4 is 5.32 Å². The Morgan fingerprint density at radius 3 is 2.63 bits per heavy atom. The first kappa shape index (κ1) is 15.2. The van der Waals surface area contributed by atoms with Crippen LogP contribution in [0.1, 0.15) is 47.0 Å². The average molecular weight is 283 g/mol. The van der Waals surface area contributed by atoms with Crippen LogP contribution in [0.25, 0.3) is 0 Å². The fourth-order valence-corrected chi connectivity index (χ4v) is 3.40. The van der Waals surface area contributed by atoms with E-state index in [9.17, 15) is 0 Å². The lowest BCUT2D eigenvalue weighted by atomic mass is 9.85. The van der Waals surface area contributed by atoms with Crippen molar-refractivity contribution in [3.63, 3.8) is 0 Å². The number of hydrogen-bond donors (Lipinski definition) is 1. The highest BCUT2D eigenvalue weighted by molar-refractivity contribution is 8.13. The van der Waals surface area contributed by atoms with Gasteiger partial charge in [-0.2, -0.15) is 0 Å². The number of rotatable bonds is 4. The summed E-state index contributed by atoms with van der Waals surface area (Å²) in [5.41, 5.74) is 0.318. The summed E-state index contributed by atoms with van der Waals surface area (Å²) in [6.07, 6.45) is 3.98. The molecule has 0 aromatic heterocycles. The van der Waals surface area contributed by atoms with E-state index in [1.165, 1.54) is 25.0 Å². The average Bonchev–Trinajstić information content (AvgIpc) is 3.18. The van der Waals surface area contributed by atoms with Crippen LogP contribution in [0.15, 0.2) is 4.99 Å². The van der Waals surface area contributed by atoms with Crippen molar-refractivity contribution in [2.24, 2.45) is 10.4 Å². The first-order valence-electron chi connectivity index (χ1n) is 7.53. The summed E-state index contributed by atoms with van der Waals surface area (Å²) < 4.78 is 0. The zero-order valence-corrected chi connectivity index (χ0v) is 13.9. The Labute approximate surface area is 122 Å². The molecule has 0 spiro atoms. The first-order valence-corrected chi connectivity index (χ1v) is 8.52. The van der Waals surface area contributed by atoms with E-state index in [1.807, 2.05) is 11.8 Å². The summed E-state index contributed by atoms with van der Waals surface area (Å²) in [5.74, 6) is 1.20. The van der Waals surface area contributed by atoms with Crippen molar-refractivity contribution < 1.29 is 0 Å². The van der Waals surface area contributed by atoms with Crippen molar-refractivity contribution in [1.29, 1.82) is 0 Å². The lowest BCUT2D eigenvalue weighted by Gasteiger charge is -2.35. The SMILES string of the molecule is CC(CN=C1NC(C(C)(C)C)CCS1)N(C)C1CC1. The Morgan fingerprint density at radius 2 is 2.05 bits per heavy atom. The highest BCUT2D eigenvalue weighted by atomic mass is 32.2. The van der Waals surface area contributed by atoms with Crippen LogP contribution in [0, 0.1) is 5.41 Å². The third-order valence-electron chi connectivity index (χ3n) is 4.31. The van der Waals surface area contributed by atoms with Crippen LogP contribution in [-0.2, 0) is 0 Å². The Kier molecular flexibility index (Phi) is 4.83. The van der Waals surface area contributed by atoms with Crippen LogP contribution in [0.2, 0.25) is 0 Å². The van der Waals surface area contributed by atoms with Gasteiger partial charge in [-0.3, -0.25) is 9.89 Å². The number of likely N-dealkylation sites (N-methyl/N-ethyl adjacent to an activating group) is 1. The first-order chi connectivity index (χ1) is 8.88. The third-order valence-corrected chi connectivity index (χ3v) is 5.27. The summed E-state index contributed by atoms with van der Waals surface area (Å²) in [6.45, 7) is 10.1. The molecule has 1 heterocycles. The zero-order valence-electron chi connectivity index (χ0n) is 13.1. The van der Waals surface area contributed by atoms with Crippen LogP contribution >= 0.6 is 11.8 Å². The quantitative estimate of drug-likeness (QED) is 0.859. The molecule has 1 saturated carbocycles. The fraction of sp³-hybridized carbons (Fsp3) is 0.933. The molecule has 4 heteroatoms. The molecular formula is C15H29N3S. The van der Waals surface area contributed by atoms with Crippen molar-refractivity contribution in [2.45, 2.75) is 65.1 Å². The molecule has 0 radical (unpaired) electrons. The normalized spacial score (nSPS) is 28.5. The Morgan fingerprint density at radius 1 is 1.37 bits per heavy atom. The van der Waals surface area contributed by atoms with Gasteiger partial charge >= 0.3 is 0 Å². The second-order valence-electron chi connectivity index (χ2n) is 7.09. The van der Waals surface area contributed by atoms with Crippen LogP contribution in [0.4, 0.5) is 0 Å². The molecule has 1 aliphatic carbocycles. The van der Waals surface area contributed by atoms with Gasteiger partial charge in [0.2, 0.25) is 0 Å². The highest BCUT2D eigenvalue weighted by Gasteiger charge is 2.30. The van der Waals surface area contributed by atoms with Gasteiger partial charge in [0.25, 0.3) is 0 Å². The largest absolute Gasteiger partial charge is 0.362 e. The van der Waals surface area contributed by atoms with E-state index in [0.717, 1.165) is 17.8 Å². The molecule has 2 unspecified atom stereocenters. The molecule has 19 heavy (non-hydrogen) atoms. The second kappa shape index (κ2) is 6.04. The zero-order chi connectivity index (χ0) is 14.0. The van der Waals surface area contributed by atoms with E-state index in [2.05, 4.69) is 45.0 Å². The highest BCUT2D eigenvalue weighted by Crippen LogP contribution is 2.28. The third kappa shape index (κ3) is 4.38.